The van der Waals surface area contributed by atoms with Crippen LogP contribution in [0, 0.1) is 23.7 Å². The molecule has 1 N–H and O–H groups in total. The molecular formula is C36H40F3NO6. The van der Waals surface area contributed by atoms with Crippen LogP contribution >= 0.6 is 0 Å². The van der Waals surface area contributed by atoms with E-state index in [9.17, 15) is 32.7 Å². The first kappa shape index (κ1) is 33.4. The number of esters is 1. The molecule has 7 nitrogen and oxygen atoms in total. The maximum Gasteiger partial charge on any atom is 0.389 e. The minimum atomic E-state index is -4.06. The second-order valence-corrected chi connectivity index (χ2v) is 12.6. The van der Waals surface area contributed by atoms with Crippen LogP contribution in [0.1, 0.15) is 76.2 Å². The van der Waals surface area contributed by atoms with Crippen LogP contribution in [-0.2, 0) is 14.4 Å². The average molecular weight is 640 g/mol. The molecule has 2 aromatic carbocycles. The Morgan fingerprint density at radius 1 is 0.848 bits per heavy atom. The first-order valence-corrected chi connectivity index (χ1v) is 16.1. The number of imide groups is 1. The van der Waals surface area contributed by atoms with E-state index < -0.39 is 30.7 Å². The lowest BCUT2D eigenvalue weighted by molar-refractivity contribution is -0.140. The highest BCUT2D eigenvalue weighted by molar-refractivity contribution is 6.28. The second-order valence-electron chi connectivity index (χ2n) is 12.6. The minimum Gasteiger partial charge on any atom is -0.461 e. The number of alkyl halides is 3. The van der Waals surface area contributed by atoms with E-state index in [4.69, 9.17) is 9.47 Å². The molecule has 0 saturated heterocycles. The van der Waals surface area contributed by atoms with Gasteiger partial charge < -0.3 is 14.6 Å². The number of aliphatic hydroxyl groups is 1. The molecule has 2 aliphatic carbocycles. The van der Waals surface area contributed by atoms with Crippen molar-refractivity contribution >= 4 is 29.5 Å². The Morgan fingerprint density at radius 3 is 2.00 bits per heavy atom. The van der Waals surface area contributed by atoms with E-state index in [2.05, 4.69) is 0 Å². The molecule has 0 spiro atoms. The summed E-state index contributed by atoms with van der Waals surface area (Å²) >= 11 is 0. The van der Waals surface area contributed by atoms with Gasteiger partial charge in [0.05, 0.1) is 11.6 Å². The highest BCUT2D eigenvalue weighted by atomic mass is 19.4. The normalized spacial score (nSPS) is 24.4. The van der Waals surface area contributed by atoms with Crippen molar-refractivity contribution in [1.82, 2.24) is 0 Å². The van der Waals surface area contributed by atoms with Crippen LogP contribution in [0.3, 0.4) is 0 Å². The quantitative estimate of drug-likeness (QED) is 0.117. The van der Waals surface area contributed by atoms with E-state index >= 15 is 0 Å². The number of hydrogen-bond acceptors (Lipinski definition) is 6. The lowest BCUT2D eigenvalue weighted by atomic mass is 9.68. The minimum absolute atomic E-state index is 0.135. The average Bonchev–Trinajstić information content (AvgIpc) is 3.38. The van der Waals surface area contributed by atoms with Crippen LogP contribution < -0.4 is 14.4 Å². The fourth-order valence-corrected chi connectivity index (χ4v) is 6.91. The Bertz CT molecular complexity index is 1380. The summed E-state index contributed by atoms with van der Waals surface area (Å²) in [7, 11) is 0. The van der Waals surface area contributed by atoms with Crippen molar-refractivity contribution in [3.8, 4) is 11.5 Å². The highest BCUT2D eigenvalue weighted by Crippen LogP contribution is 2.43. The number of carbonyl (C=O) groups excluding carboxylic acids is 3. The van der Waals surface area contributed by atoms with Crippen molar-refractivity contribution in [1.29, 1.82) is 0 Å². The van der Waals surface area contributed by atoms with Gasteiger partial charge in [-0.3, -0.25) is 14.4 Å². The Hall–Kier alpha value is -3.92. The topological polar surface area (TPSA) is 93.1 Å². The van der Waals surface area contributed by atoms with Gasteiger partial charge in [0.2, 0.25) is 6.29 Å². The number of benzene rings is 2. The molecule has 2 fully saturated rings. The fraction of sp³-hybridized carbons (Fsp3) is 0.472. The maximum absolute atomic E-state index is 12.9. The van der Waals surface area contributed by atoms with Gasteiger partial charge in [-0.1, -0.05) is 37.5 Å². The molecule has 3 aliphatic rings. The summed E-state index contributed by atoms with van der Waals surface area (Å²) in [5.74, 6) is 1.22. The number of amides is 2. The van der Waals surface area contributed by atoms with Crippen molar-refractivity contribution in [3.63, 3.8) is 0 Å². The molecule has 1 heterocycles. The van der Waals surface area contributed by atoms with Gasteiger partial charge in [-0.2, -0.15) is 13.2 Å². The summed E-state index contributed by atoms with van der Waals surface area (Å²) in [5.41, 5.74) is 1.18. The Kier molecular flexibility index (Phi) is 11.0. The second kappa shape index (κ2) is 15.1. The Morgan fingerprint density at radius 2 is 1.41 bits per heavy atom. The summed E-state index contributed by atoms with van der Waals surface area (Å²) in [6.07, 6.45) is 8.21. The highest BCUT2D eigenvalue weighted by Gasteiger charge is 2.34. The molecule has 5 rings (SSSR count). The number of ether oxygens (including phenoxy) is 2. The summed E-state index contributed by atoms with van der Waals surface area (Å²) in [4.78, 5) is 37.5. The van der Waals surface area contributed by atoms with Crippen LogP contribution in [0.2, 0.25) is 0 Å². The molecule has 2 saturated carbocycles. The number of carbonyl (C=O) groups is 3. The Labute approximate surface area is 267 Å². The summed E-state index contributed by atoms with van der Waals surface area (Å²) < 4.78 is 48.5. The molecular weight excluding hydrogens is 599 g/mol. The van der Waals surface area contributed by atoms with Crippen molar-refractivity contribution in [2.45, 2.75) is 83.1 Å². The van der Waals surface area contributed by atoms with Crippen molar-refractivity contribution in [2.75, 3.05) is 4.90 Å². The van der Waals surface area contributed by atoms with E-state index in [1.807, 2.05) is 0 Å². The number of hydrogen-bond donors (Lipinski definition) is 1. The number of nitrogens with zero attached hydrogens (tertiary/aromatic N) is 1. The molecule has 246 valence electrons. The van der Waals surface area contributed by atoms with Crippen molar-refractivity contribution in [2.24, 2.45) is 23.7 Å². The molecule has 0 radical (unpaired) electrons. The molecule has 1 unspecified atom stereocenters. The third kappa shape index (κ3) is 9.31. The van der Waals surface area contributed by atoms with Crippen LogP contribution in [0.25, 0.3) is 6.08 Å². The lowest BCUT2D eigenvalue weighted by Gasteiger charge is -2.37. The van der Waals surface area contributed by atoms with Gasteiger partial charge in [-0.05, 0) is 111 Å². The first-order chi connectivity index (χ1) is 22.0. The van der Waals surface area contributed by atoms with Gasteiger partial charge in [0.1, 0.15) is 11.5 Å². The summed E-state index contributed by atoms with van der Waals surface area (Å²) in [6.45, 7) is 0. The van der Waals surface area contributed by atoms with E-state index in [0.29, 0.717) is 41.4 Å². The van der Waals surface area contributed by atoms with Crippen molar-refractivity contribution in [3.05, 3.63) is 72.3 Å². The largest absolute Gasteiger partial charge is 0.461 e. The van der Waals surface area contributed by atoms with Gasteiger partial charge in [-0.25, -0.2) is 4.90 Å². The standard InChI is InChI=1S/C36H40F3NO6/c37-36(38,39)23-1-2-24-3-8-26(9-4-24)27-10-12-28(13-11-27)35(44)46-31-16-5-25(6-17-31)7-22-34(43)45-30-18-14-29(15-19-30)40-32(41)20-21-33(40)42/h5-7,14-22,24,26-28,34,43H,1-4,8-13,23H2/b22-7+. The summed E-state index contributed by atoms with van der Waals surface area (Å²) in [6, 6.07) is 13.2. The predicted molar refractivity (Wildman–Crippen MR) is 167 cm³/mol. The molecule has 1 aliphatic heterocycles. The molecule has 2 aromatic rings. The monoisotopic (exact) mass is 639 g/mol. The zero-order valence-electron chi connectivity index (χ0n) is 25.7. The first-order valence-electron chi connectivity index (χ1n) is 16.1. The van der Waals surface area contributed by atoms with E-state index in [-0.39, 0.29) is 18.3 Å². The molecule has 0 bridgehead atoms. The maximum atomic E-state index is 12.9. The lowest BCUT2D eigenvalue weighted by Crippen LogP contribution is -2.30. The molecule has 46 heavy (non-hydrogen) atoms. The van der Waals surface area contributed by atoms with Crippen molar-refractivity contribution < 1.29 is 42.1 Å². The zero-order valence-corrected chi connectivity index (χ0v) is 25.7. The predicted octanol–water partition coefficient (Wildman–Crippen LogP) is 7.78. The van der Waals surface area contributed by atoms with Crippen LogP contribution in [-0.4, -0.2) is 35.4 Å². The third-order valence-corrected chi connectivity index (χ3v) is 9.45. The van der Waals surface area contributed by atoms with Crippen LogP contribution in [0.15, 0.2) is 66.8 Å². The number of aliphatic hydroxyl groups excluding tert-OH is 1. The fourth-order valence-electron chi connectivity index (χ4n) is 6.91. The molecule has 10 heteroatoms. The number of rotatable bonds is 11. The van der Waals surface area contributed by atoms with E-state index in [1.54, 1.807) is 54.6 Å². The van der Waals surface area contributed by atoms with Gasteiger partial charge in [-0.15, -0.1) is 0 Å². The molecule has 0 aromatic heterocycles. The molecule has 1 atom stereocenters. The van der Waals surface area contributed by atoms with Gasteiger partial charge in [0, 0.05) is 18.6 Å². The van der Waals surface area contributed by atoms with Gasteiger partial charge in [0.25, 0.3) is 11.8 Å². The van der Waals surface area contributed by atoms with E-state index in [1.165, 1.54) is 18.2 Å². The van der Waals surface area contributed by atoms with Gasteiger partial charge in [0.15, 0.2) is 0 Å². The van der Waals surface area contributed by atoms with E-state index in [0.717, 1.165) is 61.8 Å². The van der Waals surface area contributed by atoms with Crippen LogP contribution in [0.4, 0.5) is 18.9 Å². The smallest absolute Gasteiger partial charge is 0.389 e. The molecule has 2 amide bonds. The number of anilines is 1. The van der Waals surface area contributed by atoms with Crippen LogP contribution in [0.5, 0.6) is 11.5 Å². The SMILES string of the molecule is O=C(Oc1ccc(/C=C/C(O)Oc2ccc(N3C(=O)C=CC3=O)cc2)cc1)C1CCC(C2CCC(CCCC(F)(F)F)CC2)CC1. The van der Waals surface area contributed by atoms with Gasteiger partial charge >= 0.3 is 12.1 Å². The Balaban J connectivity index is 1.00. The third-order valence-electron chi connectivity index (χ3n) is 9.45. The zero-order chi connectivity index (χ0) is 32.7. The number of halogens is 3. The summed E-state index contributed by atoms with van der Waals surface area (Å²) in [5, 5.41) is 10.3.